The van der Waals surface area contributed by atoms with E-state index in [2.05, 4.69) is 76.5 Å². The molecule has 6 rings (SSSR count). The lowest BCUT2D eigenvalue weighted by Gasteiger charge is -2.48. The van der Waals surface area contributed by atoms with Gasteiger partial charge in [-0.3, -0.25) is 0 Å². The van der Waals surface area contributed by atoms with Crippen molar-refractivity contribution in [3.8, 4) is 6.57 Å². The fourth-order valence-corrected chi connectivity index (χ4v) is 4.50. The summed E-state index contributed by atoms with van der Waals surface area (Å²) >= 11 is 0. The highest BCUT2D eigenvalue weighted by molar-refractivity contribution is 5.94. The number of nitrogens with zero attached hydrogens (tertiary/aromatic N) is 5. The van der Waals surface area contributed by atoms with Gasteiger partial charge in [-0.05, 0) is 44.4 Å². The summed E-state index contributed by atoms with van der Waals surface area (Å²) in [7, 11) is 0. The third-order valence-corrected chi connectivity index (χ3v) is 6.09. The van der Waals surface area contributed by atoms with Crippen LogP contribution in [0.2, 0.25) is 0 Å². The summed E-state index contributed by atoms with van der Waals surface area (Å²) < 4.78 is 0. The minimum absolute atomic E-state index is 0.143. The molecule has 3 aromatic rings. The van der Waals surface area contributed by atoms with E-state index in [0.29, 0.717) is 12.1 Å². The molecule has 2 aromatic heterocycles. The molecule has 5 heterocycles. The van der Waals surface area contributed by atoms with E-state index in [1.807, 2.05) is 13.1 Å². The lowest BCUT2D eigenvalue weighted by Crippen LogP contribution is -2.67. The number of rotatable bonds is 4. The molecule has 2 bridgehead atoms. The van der Waals surface area contributed by atoms with Crippen LogP contribution >= 0.6 is 0 Å². The fraction of sp³-hybridized carbons (Fsp3) is 0.391. The van der Waals surface area contributed by atoms with E-state index in [0.717, 1.165) is 41.2 Å². The SMILES string of the molecule is C#N.Cc1ccccc1[C@@H](C)Nc1nnc(C)c2cnc(N3CC4CC(C3)N4)cc12. The van der Waals surface area contributed by atoms with Gasteiger partial charge in [0, 0.05) is 48.7 Å². The van der Waals surface area contributed by atoms with Gasteiger partial charge in [0.2, 0.25) is 0 Å². The van der Waals surface area contributed by atoms with Crippen LogP contribution in [0.15, 0.2) is 36.5 Å². The maximum absolute atomic E-state index is 6.50. The van der Waals surface area contributed by atoms with Gasteiger partial charge in [0.1, 0.15) is 5.82 Å². The van der Waals surface area contributed by atoms with Crippen LogP contribution in [-0.2, 0) is 0 Å². The molecule has 0 amide bonds. The average molecular weight is 402 g/mol. The van der Waals surface area contributed by atoms with E-state index in [-0.39, 0.29) is 6.04 Å². The second kappa shape index (κ2) is 8.25. The summed E-state index contributed by atoms with van der Waals surface area (Å²) in [4.78, 5) is 7.13. The van der Waals surface area contributed by atoms with Gasteiger partial charge in [-0.2, -0.15) is 5.10 Å². The molecule has 7 nitrogen and oxygen atoms in total. The number of piperidine rings is 1. The van der Waals surface area contributed by atoms with E-state index in [4.69, 9.17) is 10.2 Å². The minimum atomic E-state index is 0.143. The highest BCUT2D eigenvalue weighted by Gasteiger charge is 2.36. The summed E-state index contributed by atoms with van der Waals surface area (Å²) in [6.45, 7) is 11.8. The first-order chi connectivity index (χ1) is 14.6. The highest BCUT2D eigenvalue weighted by atomic mass is 15.3. The van der Waals surface area contributed by atoms with Crippen LogP contribution in [0.4, 0.5) is 11.6 Å². The van der Waals surface area contributed by atoms with Crippen molar-refractivity contribution in [3.05, 3.63) is 53.3 Å². The van der Waals surface area contributed by atoms with Crippen LogP contribution in [0.1, 0.15) is 36.2 Å². The number of piperazine rings is 1. The molecule has 1 aromatic carbocycles. The largest absolute Gasteiger partial charge is 0.362 e. The predicted octanol–water partition coefficient (Wildman–Crippen LogP) is 3.51. The van der Waals surface area contributed by atoms with E-state index < -0.39 is 0 Å². The minimum Gasteiger partial charge on any atom is -0.362 e. The Morgan fingerprint density at radius 2 is 1.83 bits per heavy atom. The first kappa shape index (κ1) is 20.0. The van der Waals surface area contributed by atoms with Crippen molar-refractivity contribution in [1.29, 1.82) is 5.26 Å². The number of benzene rings is 1. The molecule has 30 heavy (non-hydrogen) atoms. The second-order valence-corrected chi connectivity index (χ2v) is 8.15. The standard InChI is InChI=1S/C22H26N6.CHN/c1-13-6-4-5-7-18(13)14(2)24-22-19-9-21(23-10-20(19)15(3)26-27-22)28-11-16-8-17(12-28)25-16;1-2/h4-7,9-10,14,16-17,25H,8,11-12H2,1-3H3,(H,24,27);1H/t14-,16?,17?;/m1./s1. The van der Waals surface area contributed by atoms with Crippen LogP contribution in [0.25, 0.3) is 10.8 Å². The molecule has 3 fully saturated rings. The number of aromatic nitrogens is 3. The Kier molecular flexibility index (Phi) is 5.51. The molecule has 154 valence electrons. The molecule has 2 unspecified atom stereocenters. The predicted molar refractivity (Wildman–Crippen MR) is 119 cm³/mol. The Bertz CT molecular complexity index is 1060. The van der Waals surface area contributed by atoms with Gasteiger partial charge < -0.3 is 15.5 Å². The smallest absolute Gasteiger partial charge is 0.157 e. The quantitative estimate of drug-likeness (QED) is 0.691. The first-order valence-electron chi connectivity index (χ1n) is 10.3. The number of hydrogen-bond acceptors (Lipinski definition) is 7. The lowest BCUT2D eigenvalue weighted by atomic mass is 9.91. The molecule has 3 aliphatic rings. The number of fused-ring (bicyclic) bond motifs is 3. The van der Waals surface area contributed by atoms with Crippen molar-refractivity contribution in [2.24, 2.45) is 0 Å². The molecule has 0 spiro atoms. The lowest BCUT2D eigenvalue weighted by molar-refractivity contribution is 0.225. The Morgan fingerprint density at radius 3 is 2.53 bits per heavy atom. The summed E-state index contributed by atoms with van der Waals surface area (Å²) in [5, 5.41) is 24.7. The van der Waals surface area contributed by atoms with Crippen LogP contribution in [0.5, 0.6) is 0 Å². The van der Waals surface area contributed by atoms with Gasteiger partial charge in [-0.25, -0.2) is 10.2 Å². The van der Waals surface area contributed by atoms with Gasteiger partial charge in [0.05, 0.1) is 11.7 Å². The van der Waals surface area contributed by atoms with Crippen molar-refractivity contribution in [2.45, 2.75) is 45.3 Å². The molecule has 3 saturated heterocycles. The topological polar surface area (TPSA) is 89.8 Å². The number of anilines is 2. The van der Waals surface area contributed by atoms with Crippen LogP contribution < -0.4 is 15.5 Å². The monoisotopic (exact) mass is 401 g/mol. The molecular formula is C23H27N7. The van der Waals surface area contributed by atoms with Crippen LogP contribution in [0.3, 0.4) is 0 Å². The van der Waals surface area contributed by atoms with E-state index in [9.17, 15) is 0 Å². The van der Waals surface area contributed by atoms with E-state index in [1.165, 1.54) is 17.5 Å². The zero-order valence-electron chi connectivity index (χ0n) is 17.6. The van der Waals surface area contributed by atoms with E-state index in [1.54, 1.807) is 0 Å². The number of nitrogens with one attached hydrogen (secondary N) is 2. The van der Waals surface area contributed by atoms with Crippen molar-refractivity contribution >= 4 is 22.4 Å². The maximum Gasteiger partial charge on any atom is 0.157 e. The van der Waals surface area contributed by atoms with Crippen molar-refractivity contribution in [3.63, 3.8) is 0 Å². The van der Waals surface area contributed by atoms with Gasteiger partial charge in [0.25, 0.3) is 0 Å². The molecule has 0 radical (unpaired) electrons. The van der Waals surface area contributed by atoms with Crippen molar-refractivity contribution in [2.75, 3.05) is 23.3 Å². The van der Waals surface area contributed by atoms with Crippen LogP contribution in [0, 0.1) is 25.7 Å². The molecular weight excluding hydrogens is 374 g/mol. The molecule has 3 aliphatic heterocycles. The normalized spacial score (nSPS) is 20.6. The second-order valence-electron chi connectivity index (χ2n) is 8.15. The molecule has 0 saturated carbocycles. The Labute approximate surface area is 177 Å². The summed E-state index contributed by atoms with van der Waals surface area (Å²) in [5.74, 6) is 1.85. The average Bonchev–Trinajstić information content (AvgIpc) is 2.77. The first-order valence-corrected chi connectivity index (χ1v) is 10.3. The Hall–Kier alpha value is -3.24. The van der Waals surface area contributed by atoms with Crippen LogP contribution in [-0.4, -0.2) is 40.4 Å². The summed E-state index contributed by atoms with van der Waals surface area (Å²) in [6.07, 6.45) is 3.24. The number of aryl methyl sites for hydroxylation is 2. The molecule has 2 N–H and O–H groups in total. The van der Waals surface area contributed by atoms with Crippen molar-refractivity contribution < 1.29 is 0 Å². The van der Waals surface area contributed by atoms with Gasteiger partial charge in [-0.15, -0.1) is 5.10 Å². The maximum atomic E-state index is 6.50. The zero-order chi connectivity index (χ0) is 21.3. The number of hydrogen-bond donors (Lipinski definition) is 2. The number of nitriles is 1. The zero-order valence-corrected chi connectivity index (χ0v) is 17.6. The van der Waals surface area contributed by atoms with Gasteiger partial charge in [-0.1, -0.05) is 24.3 Å². The Morgan fingerprint density at radius 1 is 1.13 bits per heavy atom. The van der Waals surface area contributed by atoms with Gasteiger partial charge >= 0.3 is 0 Å². The fourth-order valence-electron chi connectivity index (χ4n) is 4.50. The highest BCUT2D eigenvalue weighted by Crippen LogP contribution is 2.31. The summed E-state index contributed by atoms with van der Waals surface area (Å²) in [5.41, 5.74) is 3.45. The van der Waals surface area contributed by atoms with Gasteiger partial charge in [0.15, 0.2) is 5.82 Å². The number of pyridine rings is 1. The Balaban J connectivity index is 0.00000106. The van der Waals surface area contributed by atoms with E-state index >= 15 is 0 Å². The molecule has 0 aliphatic carbocycles. The summed E-state index contributed by atoms with van der Waals surface area (Å²) in [6, 6.07) is 12.0. The molecule has 3 atom stereocenters. The third-order valence-electron chi connectivity index (χ3n) is 6.09. The third kappa shape index (κ3) is 3.66. The van der Waals surface area contributed by atoms with Crippen molar-refractivity contribution in [1.82, 2.24) is 20.5 Å². The molecule has 7 heteroatoms.